The lowest BCUT2D eigenvalue weighted by Crippen LogP contribution is -2.48. The van der Waals surface area contributed by atoms with E-state index in [0.29, 0.717) is 0 Å². The number of esters is 2. The SMILES string of the molecule is C=C(OC1C=C(C(=O)OC)C(Cl)C(O)C1O)C(=O)OC. The Hall–Kier alpha value is -1.57. The van der Waals surface area contributed by atoms with Crippen LogP contribution in [-0.4, -0.2) is 60.1 Å². The molecule has 112 valence electrons. The van der Waals surface area contributed by atoms with Crippen LogP contribution in [-0.2, 0) is 23.8 Å². The highest BCUT2D eigenvalue weighted by molar-refractivity contribution is 6.25. The number of rotatable bonds is 4. The van der Waals surface area contributed by atoms with Crippen LogP contribution >= 0.6 is 11.6 Å². The molecule has 1 rings (SSSR count). The van der Waals surface area contributed by atoms with Crippen LogP contribution in [0.25, 0.3) is 0 Å². The zero-order valence-corrected chi connectivity index (χ0v) is 11.7. The molecule has 20 heavy (non-hydrogen) atoms. The van der Waals surface area contributed by atoms with Crippen LogP contribution in [0, 0.1) is 0 Å². The number of carbonyl (C=O) groups is 2. The number of ether oxygens (including phenoxy) is 3. The van der Waals surface area contributed by atoms with Crippen molar-refractivity contribution in [3.05, 3.63) is 24.0 Å². The first-order valence-corrected chi connectivity index (χ1v) is 6.01. The number of halogens is 1. The Morgan fingerprint density at radius 3 is 2.35 bits per heavy atom. The molecule has 0 heterocycles. The van der Waals surface area contributed by atoms with Gasteiger partial charge in [0, 0.05) is 0 Å². The van der Waals surface area contributed by atoms with Crippen molar-refractivity contribution in [3.63, 3.8) is 0 Å². The second-order valence-electron chi connectivity index (χ2n) is 3.99. The lowest BCUT2D eigenvalue weighted by Gasteiger charge is -2.33. The van der Waals surface area contributed by atoms with E-state index in [1.54, 1.807) is 0 Å². The third kappa shape index (κ3) is 3.30. The molecule has 0 radical (unpaired) electrons. The Kier molecular flexibility index (Phi) is 5.55. The largest absolute Gasteiger partial charge is 0.477 e. The molecule has 4 unspecified atom stereocenters. The normalized spacial score (nSPS) is 29.1. The fourth-order valence-electron chi connectivity index (χ4n) is 1.65. The topological polar surface area (TPSA) is 102 Å². The molecule has 0 aliphatic heterocycles. The van der Waals surface area contributed by atoms with Gasteiger partial charge in [-0.15, -0.1) is 11.6 Å². The first kappa shape index (κ1) is 16.5. The minimum Gasteiger partial charge on any atom is -0.477 e. The Morgan fingerprint density at radius 1 is 1.25 bits per heavy atom. The summed E-state index contributed by atoms with van der Waals surface area (Å²) in [6, 6.07) is 0. The van der Waals surface area contributed by atoms with Crippen LogP contribution in [0.3, 0.4) is 0 Å². The molecule has 0 spiro atoms. The minimum absolute atomic E-state index is 0.0744. The van der Waals surface area contributed by atoms with Crippen molar-refractivity contribution in [3.8, 4) is 0 Å². The van der Waals surface area contributed by atoms with Crippen LogP contribution in [0.4, 0.5) is 0 Å². The molecule has 0 aromatic rings. The van der Waals surface area contributed by atoms with Crippen LogP contribution in [0.1, 0.15) is 0 Å². The van der Waals surface area contributed by atoms with Crippen molar-refractivity contribution in [1.82, 2.24) is 0 Å². The van der Waals surface area contributed by atoms with E-state index in [1.807, 2.05) is 0 Å². The van der Waals surface area contributed by atoms with E-state index in [0.717, 1.165) is 14.2 Å². The Balaban J connectivity index is 2.99. The number of aliphatic hydroxyl groups excluding tert-OH is 2. The molecule has 0 aromatic carbocycles. The summed E-state index contributed by atoms with van der Waals surface area (Å²) in [6.45, 7) is 3.32. The number of carbonyl (C=O) groups excluding carboxylic acids is 2. The molecule has 0 saturated carbocycles. The van der Waals surface area contributed by atoms with Crippen LogP contribution in [0.2, 0.25) is 0 Å². The van der Waals surface area contributed by atoms with Crippen molar-refractivity contribution in [2.75, 3.05) is 14.2 Å². The van der Waals surface area contributed by atoms with Crippen molar-refractivity contribution in [2.45, 2.75) is 23.7 Å². The molecular weight excluding hydrogens is 292 g/mol. The molecule has 0 aromatic heterocycles. The van der Waals surface area contributed by atoms with Crippen LogP contribution in [0.5, 0.6) is 0 Å². The third-order valence-corrected chi connectivity index (χ3v) is 3.23. The number of alkyl halides is 1. The number of hydrogen-bond acceptors (Lipinski definition) is 7. The molecule has 0 bridgehead atoms. The smallest absolute Gasteiger partial charge is 0.372 e. The fourth-order valence-corrected chi connectivity index (χ4v) is 1.96. The van der Waals surface area contributed by atoms with Gasteiger partial charge >= 0.3 is 11.9 Å². The first-order chi connectivity index (χ1) is 9.33. The molecule has 0 amide bonds. The summed E-state index contributed by atoms with van der Waals surface area (Å²) in [4.78, 5) is 22.7. The van der Waals surface area contributed by atoms with E-state index in [1.165, 1.54) is 6.08 Å². The highest BCUT2D eigenvalue weighted by atomic mass is 35.5. The summed E-state index contributed by atoms with van der Waals surface area (Å²) in [7, 11) is 2.28. The van der Waals surface area contributed by atoms with Gasteiger partial charge in [0.25, 0.3) is 0 Å². The molecule has 1 aliphatic carbocycles. The monoisotopic (exact) mass is 306 g/mol. The van der Waals surface area contributed by atoms with Gasteiger partial charge in [-0.1, -0.05) is 0 Å². The lowest BCUT2D eigenvalue weighted by atomic mass is 9.91. The standard InChI is InChI=1S/C12H15ClO7/c1-5(11(16)18-2)20-7-4-6(12(17)19-3)8(13)10(15)9(7)14/h4,7-10,14-15H,1H2,2-3H3. The average Bonchev–Trinajstić information content (AvgIpc) is 2.45. The van der Waals surface area contributed by atoms with Crippen molar-refractivity contribution >= 4 is 23.5 Å². The summed E-state index contributed by atoms with van der Waals surface area (Å²) in [6.07, 6.45) is -2.91. The lowest BCUT2D eigenvalue weighted by molar-refractivity contribution is -0.143. The fraction of sp³-hybridized carbons (Fsp3) is 0.500. The summed E-state index contributed by atoms with van der Waals surface area (Å²) >= 11 is 5.84. The second-order valence-corrected chi connectivity index (χ2v) is 4.46. The van der Waals surface area contributed by atoms with Gasteiger partial charge in [-0.05, 0) is 12.7 Å². The number of methoxy groups -OCH3 is 2. The van der Waals surface area contributed by atoms with Gasteiger partial charge in [0.2, 0.25) is 0 Å². The molecular formula is C12H15ClO7. The van der Waals surface area contributed by atoms with E-state index < -0.39 is 35.6 Å². The molecule has 4 atom stereocenters. The Labute approximate surface area is 120 Å². The minimum atomic E-state index is -1.47. The first-order valence-electron chi connectivity index (χ1n) is 5.57. The van der Waals surface area contributed by atoms with Crippen LogP contribution < -0.4 is 0 Å². The summed E-state index contributed by atoms with van der Waals surface area (Å²) in [5.74, 6) is -1.99. The molecule has 8 heteroatoms. The Bertz CT molecular complexity index is 445. The van der Waals surface area contributed by atoms with E-state index in [2.05, 4.69) is 16.1 Å². The number of hydrogen-bond donors (Lipinski definition) is 2. The van der Waals surface area contributed by atoms with Gasteiger partial charge in [-0.25, -0.2) is 9.59 Å². The molecule has 0 fully saturated rings. The van der Waals surface area contributed by atoms with Gasteiger partial charge in [0.05, 0.1) is 25.2 Å². The maximum atomic E-state index is 11.5. The van der Waals surface area contributed by atoms with Gasteiger partial charge < -0.3 is 24.4 Å². The quantitative estimate of drug-likeness (QED) is 0.312. The van der Waals surface area contributed by atoms with Gasteiger partial charge in [-0.2, -0.15) is 0 Å². The zero-order valence-electron chi connectivity index (χ0n) is 10.9. The van der Waals surface area contributed by atoms with Gasteiger partial charge in [-0.3, -0.25) is 0 Å². The highest BCUT2D eigenvalue weighted by Crippen LogP contribution is 2.28. The van der Waals surface area contributed by atoms with Crippen LogP contribution in [0.15, 0.2) is 24.0 Å². The second kappa shape index (κ2) is 6.74. The molecule has 2 N–H and O–H groups in total. The van der Waals surface area contributed by atoms with Gasteiger partial charge in [0.1, 0.15) is 18.3 Å². The predicted octanol–water partition coefficient (Wildman–Crippen LogP) is -0.500. The average molecular weight is 307 g/mol. The van der Waals surface area contributed by atoms with Crippen molar-refractivity contribution in [2.24, 2.45) is 0 Å². The van der Waals surface area contributed by atoms with E-state index in [-0.39, 0.29) is 11.3 Å². The summed E-state index contributed by atoms with van der Waals surface area (Å²) < 4.78 is 14.0. The molecule has 1 aliphatic rings. The highest BCUT2D eigenvalue weighted by Gasteiger charge is 2.41. The number of aliphatic hydroxyl groups is 2. The zero-order chi connectivity index (χ0) is 15.4. The van der Waals surface area contributed by atoms with Crippen molar-refractivity contribution in [1.29, 1.82) is 0 Å². The van der Waals surface area contributed by atoms with E-state index in [4.69, 9.17) is 16.3 Å². The van der Waals surface area contributed by atoms with Gasteiger partial charge in [0.15, 0.2) is 5.76 Å². The summed E-state index contributed by atoms with van der Waals surface area (Å²) in [5.41, 5.74) is -0.0744. The van der Waals surface area contributed by atoms with Crippen molar-refractivity contribution < 1.29 is 34.0 Å². The predicted molar refractivity (Wildman–Crippen MR) is 67.8 cm³/mol. The third-order valence-electron chi connectivity index (χ3n) is 2.74. The van der Waals surface area contributed by atoms with E-state index >= 15 is 0 Å². The maximum Gasteiger partial charge on any atom is 0.372 e. The molecule has 0 saturated heterocycles. The van der Waals surface area contributed by atoms with E-state index in [9.17, 15) is 19.8 Å². The Morgan fingerprint density at radius 2 is 1.85 bits per heavy atom. The molecule has 7 nitrogen and oxygen atoms in total. The summed E-state index contributed by atoms with van der Waals surface area (Å²) in [5, 5.41) is 18.5. The maximum absolute atomic E-state index is 11.5.